The number of anilines is 1. The van der Waals surface area contributed by atoms with Crippen LogP contribution in [0.25, 0.3) is 0 Å². The molecule has 0 radical (unpaired) electrons. The molecule has 1 unspecified atom stereocenters. The highest BCUT2D eigenvalue weighted by Gasteiger charge is 2.48. The van der Waals surface area contributed by atoms with Crippen molar-refractivity contribution in [3.05, 3.63) is 71.4 Å². The lowest BCUT2D eigenvalue weighted by Crippen LogP contribution is -2.46. The van der Waals surface area contributed by atoms with Crippen molar-refractivity contribution in [1.29, 1.82) is 0 Å². The highest BCUT2D eigenvalue weighted by Crippen LogP contribution is 2.46. The van der Waals surface area contributed by atoms with Crippen molar-refractivity contribution >= 4 is 23.4 Å². The zero-order valence-electron chi connectivity index (χ0n) is 19.6. The van der Waals surface area contributed by atoms with Crippen LogP contribution >= 0.6 is 0 Å². The van der Waals surface area contributed by atoms with Crippen molar-refractivity contribution in [3.8, 4) is 5.75 Å². The van der Waals surface area contributed by atoms with E-state index in [9.17, 15) is 14.4 Å². The third kappa shape index (κ3) is 3.77. The largest absolute Gasteiger partial charge is 0.496 e. The summed E-state index contributed by atoms with van der Waals surface area (Å²) in [6, 6.07) is 14.8. The van der Waals surface area contributed by atoms with E-state index in [2.05, 4.69) is 25.2 Å². The van der Waals surface area contributed by atoms with Crippen molar-refractivity contribution < 1.29 is 19.1 Å². The Morgan fingerprint density at radius 3 is 2.42 bits per heavy atom. The number of ketones is 1. The van der Waals surface area contributed by atoms with Crippen LogP contribution in [0.15, 0.2) is 60.3 Å². The van der Waals surface area contributed by atoms with Gasteiger partial charge in [-0.2, -0.15) is 0 Å². The SMILES string of the molecule is COc1ccccc1CC1(C)NC(=O)N(CC(=O)/C=C2/N(C)c3ccccc3C2(C)C)C1=O. The van der Waals surface area contributed by atoms with Crippen molar-refractivity contribution in [3.63, 3.8) is 0 Å². The second kappa shape index (κ2) is 8.06. The van der Waals surface area contributed by atoms with Gasteiger partial charge in [-0.15, -0.1) is 0 Å². The van der Waals surface area contributed by atoms with Crippen LogP contribution in [0, 0.1) is 0 Å². The Kier molecular flexibility index (Phi) is 5.52. The molecule has 0 saturated carbocycles. The lowest BCUT2D eigenvalue weighted by molar-refractivity contribution is -0.133. The van der Waals surface area contributed by atoms with E-state index in [1.807, 2.05) is 54.4 Å². The number of imide groups is 1. The lowest BCUT2D eigenvalue weighted by atomic mass is 9.83. The van der Waals surface area contributed by atoms with Crippen LogP contribution in [-0.2, 0) is 21.4 Å². The van der Waals surface area contributed by atoms with E-state index < -0.39 is 17.5 Å². The van der Waals surface area contributed by atoms with Crippen molar-refractivity contribution in [1.82, 2.24) is 10.2 Å². The monoisotopic (exact) mass is 447 g/mol. The summed E-state index contributed by atoms with van der Waals surface area (Å²) in [5.41, 5.74) is 2.29. The summed E-state index contributed by atoms with van der Waals surface area (Å²) in [7, 11) is 3.49. The van der Waals surface area contributed by atoms with Gasteiger partial charge in [-0.25, -0.2) is 4.79 Å². The molecule has 7 heteroatoms. The number of carbonyl (C=O) groups is 3. The molecule has 0 aromatic heterocycles. The molecule has 4 rings (SSSR count). The second-order valence-electron chi connectivity index (χ2n) is 9.34. The molecule has 1 fully saturated rings. The molecular formula is C26H29N3O4. The van der Waals surface area contributed by atoms with E-state index in [0.29, 0.717) is 5.75 Å². The maximum Gasteiger partial charge on any atom is 0.325 e. The number of nitrogens with one attached hydrogen (secondary N) is 1. The minimum absolute atomic E-state index is 0.262. The Balaban J connectivity index is 1.53. The first-order chi connectivity index (χ1) is 15.6. The summed E-state index contributed by atoms with van der Waals surface area (Å²) in [5, 5.41) is 2.77. The molecule has 1 N–H and O–H groups in total. The van der Waals surface area contributed by atoms with Gasteiger partial charge >= 0.3 is 6.03 Å². The highest BCUT2D eigenvalue weighted by atomic mass is 16.5. The molecule has 1 atom stereocenters. The molecule has 7 nitrogen and oxygen atoms in total. The fourth-order valence-corrected chi connectivity index (χ4v) is 4.85. The van der Waals surface area contributed by atoms with Crippen molar-refractivity contribution in [2.24, 2.45) is 0 Å². The Hall–Kier alpha value is -3.61. The molecule has 2 aliphatic rings. The summed E-state index contributed by atoms with van der Waals surface area (Å²) >= 11 is 0. The number of fused-ring (bicyclic) bond motifs is 1. The molecule has 2 heterocycles. The topological polar surface area (TPSA) is 79.0 Å². The zero-order chi connectivity index (χ0) is 24.0. The third-order valence-electron chi connectivity index (χ3n) is 6.63. The van der Waals surface area contributed by atoms with Crippen LogP contribution in [-0.4, -0.2) is 48.9 Å². The fourth-order valence-electron chi connectivity index (χ4n) is 4.85. The molecule has 1 saturated heterocycles. The van der Waals surface area contributed by atoms with Crippen LogP contribution in [0.1, 0.15) is 31.9 Å². The third-order valence-corrected chi connectivity index (χ3v) is 6.63. The van der Waals surface area contributed by atoms with Crippen LogP contribution in [0.3, 0.4) is 0 Å². The van der Waals surface area contributed by atoms with Gasteiger partial charge in [0.1, 0.15) is 11.3 Å². The van der Waals surface area contributed by atoms with E-state index in [1.54, 1.807) is 20.1 Å². The number of nitrogens with zero attached hydrogens (tertiary/aromatic N) is 2. The van der Waals surface area contributed by atoms with Gasteiger partial charge in [0.2, 0.25) is 0 Å². The zero-order valence-corrected chi connectivity index (χ0v) is 19.6. The molecule has 3 amide bonds. The number of likely N-dealkylation sites (N-methyl/N-ethyl adjacent to an activating group) is 1. The van der Waals surface area contributed by atoms with Gasteiger partial charge in [-0.3, -0.25) is 14.5 Å². The number of benzene rings is 2. The summed E-state index contributed by atoms with van der Waals surface area (Å²) in [6.07, 6.45) is 1.81. The standard InChI is InChI=1S/C26H29N3O4/c1-25(2)19-11-7-8-12-20(19)28(4)22(25)14-18(30)16-29-23(31)26(3,27-24(29)32)15-17-10-6-9-13-21(17)33-5/h6-14H,15-16H2,1-5H3,(H,27,32)/b22-14+. The maximum atomic E-state index is 13.2. The summed E-state index contributed by atoms with van der Waals surface area (Å²) in [5.74, 6) is -0.0821. The van der Waals surface area contributed by atoms with Gasteiger partial charge in [0.25, 0.3) is 5.91 Å². The molecule has 2 aliphatic heterocycles. The number of urea groups is 1. The fraction of sp³-hybridized carbons (Fsp3) is 0.346. The maximum absolute atomic E-state index is 13.2. The smallest absolute Gasteiger partial charge is 0.325 e. The van der Waals surface area contributed by atoms with Crippen LogP contribution < -0.4 is 15.0 Å². The van der Waals surface area contributed by atoms with Crippen LogP contribution in [0.5, 0.6) is 5.75 Å². The average Bonchev–Trinajstić information content (AvgIpc) is 3.11. The van der Waals surface area contributed by atoms with Crippen molar-refractivity contribution in [2.75, 3.05) is 25.6 Å². The quantitative estimate of drug-likeness (QED) is 0.542. The Bertz CT molecular complexity index is 1170. The number of para-hydroxylation sites is 2. The predicted molar refractivity (Wildman–Crippen MR) is 126 cm³/mol. The first kappa shape index (κ1) is 22.6. The summed E-state index contributed by atoms with van der Waals surface area (Å²) in [4.78, 5) is 41.9. The Labute approximate surface area is 194 Å². The average molecular weight is 448 g/mol. The Morgan fingerprint density at radius 1 is 1.06 bits per heavy atom. The van der Waals surface area contributed by atoms with Crippen LogP contribution in [0.2, 0.25) is 0 Å². The van der Waals surface area contributed by atoms with Gasteiger partial charge < -0.3 is 15.0 Å². The molecule has 0 aliphatic carbocycles. The summed E-state index contributed by atoms with van der Waals surface area (Å²) < 4.78 is 5.38. The molecule has 2 aromatic carbocycles. The number of allylic oxidation sites excluding steroid dienone is 1. The first-order valence-corrected chi connectivity index (χ1v) is 10.9. The minimum atomic E-state index is -1.15. The number of hydrogen-bond acceptors (Lipinski definition) is 5. The van der Waals surface area contributed by atoms with Gasteiger partial charge in [0, 0.05) is 36.3 Å². The first-order valence-electron chi connectivity index (χ1n) is 10.9. The van der Waals surface area contributed by atoms with E-state index in [1.165, 1.54) is 0 Å². The van der Waals surface area contributed by atoms with Crippen LogP contribution in [0.4, 0.5) is 10.5 Å². The molecule has 2 aromatic rings. The lowest BCUT2D eigenvalue weighted by Gasteiger charge is -2.24. The molecule has 33 heavy (non-hydrogen) atoms. The number of amides is 3. The van der Waals surface area contributed by atoms with Gasteiger partial charge in [0.05, 0.1) is 13.7 Å². The van der Waals surface area contributed by atoms with E-state index in [-0.39, 0.29) is 24.2 Å². The van der Waals surface area contributed by atoms with Gasteiger partial charge in [-0.1, -0.05) is 50.2 Å². The molecule has 0 bridgehead atoms. The van der Waals surface area contributed by atoms with E-state index in [0.717, 1.165) is 27.4 Å². The second-order valence-corrected chi connectivity index (χ2v) is 9.34. The van der Waals surface area contributed by atoms with E-state index >= 15 is 0 Å². The van der Waals surface area contributed by atoms with Crippen molar-refractivity contribution in [2.45, 2.75) is 38.1 Å². The summed E-state index contributed by atoms with van der Waals surface area (Å²) in [6.45, 7) is 5.49. The molecular weight excluding hydrogens is 418 g/mol. The highest BCUT2D eigenvalue weighted by molar-refractivity contribution is 6.10. The van der Waals surface area contributed by atoms with E-state index in [4.69, 9.17) is 4.74 Å². The normalized spacial score (nSPS) is 22.5. The number of rotatable bonds is 6. The number of methoxy groups -OCH3 is 1. The number of hydrogen-bond donors (Lipinski definition) is 1. The number of carbonyl (C=O) groups excluding carboxylic acids is 3. The Morgan fingerprint density at radius 2 is 1.73 bits per heavy atom. The molecule has 0 spiro atoms. The molecule has 172 valence electrons. The minimum Gasteiger partial charge on any atom is -0.496 e. The number of ether oxygens (including phenoxy) is 1. The van der Waals surface area contributed by atoms with Gasteiger partial charge in [-0.05, 0) is 30.2 Å². The van der Waals surface area contributed by atoms with Gasteiger partial charge in [0.15, 0.2) is 5.78 Å². The predicted octanol–water partition coefficient (Wildman–Crippen LogP) is 3.43.